The fourth-order valence-corrected chi connectivity index (χ4v) is 3.12. The second-order valence-electron chi connectivity index (χ2n) is 5.39. The highest BCUT2D eigenvalue weighted by atomic mass is 32.2. The number of sulfonamides is 1. The van der Waals surface area contributed by atoms with Gasteiger partial charge in [-0.25, -0.2) is 8.42 Å². The third-order valence-electron chi connectivity index (χ3n) is 3.41. The number of nitrogens with zero attached hydrogens (tertiary/aromatic N) is 1. The first-order chi connectivity index (χ1) is 11.0. The molecule has 0 aliphatic rings. The number of para-hydroxylation sites is 1. The van der Waals surface area contributed by atoms with Crippen LogP contribution >= 0.6 is 0 Å². The molecular formula is C18H22N2O2S. The molecule has 0 saturated carbocycles. The van der Waals surface area contributed by atoms with Gasteiger partial charge in [0.1, 0.15) is 0 Å². The Balaban J connectivity index is 2.22. The molecule has 2 aromatic rings. The molecule has 0 spiro atoms. The van der Waals surface area contributed by atoms with Gasteiger partial charge in [0, 0.05) is 18.3 Å². The van der Waals surface area contributed by atoms with E-state index in [9.17, 15) is 8.42 Å². The summed E-state index contributed by atoms with van der Waals surface area (Å²) in [5.41, 5.74) is 2.32. The van der Waals surface area contributed by atoms with Gasteiger partial charge in [-0.1, -0.05) is 49.2 Å². The van der Waals surface area contributed by atoms with E-state index in [0.717, 1.165) is 30.5 Å². The standard InChI is InChI=1S/C18H22N2O2S/c1-3-4-13-19-14-16-7-5-6-8-18(16)20-23(21,22)17-11-9-15(2)10-12-17/h5-12,14,20H,3-4,13H2,1-2H3/b19-14+. The van der Waals surface area contributed by atoms with Gasteiger partial charge in [0.05, 0.1) is 10.6 Å². The monoisotopic (exact) mass is 330 g/mol. The average molecular weight is 330 g/mol. The van der Waals surface area contributed by atoms with Gasteiger partial charge in [-0.05, 0) is 31.5 Å². The normalized spacial score (nSPS) is 11.7. The second-order valence-corrected chi connectivity index (χ2v) is 7.08. The first-order valence-corrected chi connectivity index (χ1v) is 9.19. The Morgan fingerprint density at radius 3 is 2.48 bits per heavy atom. The Morgan fingerprint density at radius 2 is 1.78 bits per heavy atom. The van der Waals surface area contributed by atoms with Gasteiger partial charge in [0.15, 0.2) is 0 Å². The first kappa shape index (κ1) is 17.2. The Morgan fingerprint density at radius 1 is 1.09 bits per heavy atom. The molecule has 122 valence electrons. The Hall–Kier alpha value is -2.14. The topological polar surface area (TPSA) is 58.5 Å². The van der Waals surface area contributed by atoms with Crippen molar-refractivity contribution < 1.29 is 8.42 Å². The summed E-state index contributed by atoms with van der Waals surface area (Å²) < 4.78 is 27.6. The van der Waals surface area contributed by atoms with E-state index in [1.807, 2.05) is 19.1 Å². The van der Waals surface area contributed by atoms with Gasteiger partial charge >= 0.3 is 0 Å². The number of anilines is 1. The van der Waals surface area contributed by atoms with Crippen molar-refractivity contribution in [1.29, 1.82) is 0 Å². The molecule has 0 aromatic heterocycles. The second kappa shape index (κ2) is 7.92. The lowest BCUT2D eigenvalue weighted by molar-refractivity contribution is 0.601. The van der Waals surface area contributed by atoms with Crippen LogP contribution in [-0.4, -0.2) is 21.2 Å². The molecule has 0 atom stereocenters. The molecule has 1 N–H and O–H groups in total. The lowest BCUT2D eigenvalue weighted by atomic mass is 10.2. The SMILES string of the molecule is CCCC/N=C/c1ccccc1NS(=O)(=O)c1ccc(C)cc1. The van der Waals surface area contributed by atoms with Gasteiger partial charge in [-0.3, -0.25) is 9.71 Å². The third kappa shape index (κ3) is 4.93. The zero-order valence-electron chi connectivity index (χ0n) is 13.5. The van der Waals surface area contributed by atoms with E-state index in [-0.39, 0.29) is 4.90 Å². The lowest BCUT2D eigenvalue weighted by Gasteiger charge is -2.10. The maximum Gasteiger partial charge on any atom is 0.261 e. The van der Waals surface area contributed by atoms with Crippen LogP contribution in [0, 0.1) is 6.92 Å². The average Bonchev–Trinajstić information content (AvgIpc) is 2.53. The number of hydrogen-bond donors (Lipinski definition) is 1. The zero-order chi connectivity index (χ0) is 16.7. The summed E-state index contributed by atoms with van der Waals surface area (Å²) in [5, 5.41) is 0. The van der Waals surface area contributed by atoms with Crippen molar-refractivity contribution in [3.8, 4) is 0 Å². The summed E-state index contributed by atoms with van der Waals surface area (Å²) in [6.07, 6.45) is 3.83. The molecule has 0 unspecified atom stereocenters. The van der Waals surface area contributed by atoms with Crippen LogP contribution in [-0.2, 0) is 10.0 Å². The largest absolute Gasteiger partial charge is 0.292 e. The highest BCUT2D eigenvalue weighted by Crippen LogP contribution is 2.19. The van der Waals surface area contributed by atoms with Crippen molar-refractivity contribution in [3.05, 3.63) is 59.7 Å². The molecule has 0 aliphatic heterocycles. The molecule has 23 heavy (non-hydrogen) atoms. The number of nitrogens with one attached hydrogen (secondary N) is 1. The third-order valence-corrected chi connectivity index (χ3v) is 4.79. The molecule has 0 fully saturated rings. The minimum Gasteiger partial charge on any atom is -0.292 e. The number of hydrogen-bond acceptors (Lipinski definition) is 3. The minimum atomic E-state index is -3.60. The fourth-order valence-electron chi connectivity index (χ4n) is 2.04. The van der Waals surface area contributed by atoms with Crippen LogP contribution in [0.5, 0.6) is 0 Å². The van der Waals surface area contributed by atoms with E-state index in [2.05, 4.69) is 16.6 Å². The van der Waals surface area contributed by atoms with Crippen LogP contribution in [0.3, 0.4) is 0 Å². The molecular weight excluding hydrogens is 308 g/mol. The number of rotatable bonds is 7. The highest BCUT2D eigenvalue weighted by molar-refractivity contribution is 7.92. The van der Waals surface area contributed by atoms with Gasteiger partial charge in [0.25, 0.3) is 10.0 Å². The highest BCUT2D eigenvalue weighted by Gasteiger charge is 2.15. The molecule has 0 radical (unpaired) electrons. The summed E-state index contributed by atoms with van der Waals surface area (Å²) in [6, 6.07) is 14.0. The predicted octanol–water partition coefficient (Wildman–Crippen LogP) is 4.01. The van der Waals surface area contributed by atoms with E-state index in [0.29, 0.717) is 5.69 Å². The summed E-state index contributed by atoms with van der Waals surface area (Å²) in [4.78, 5) is 4.60. The molecule has 5 heteroatoms. The molecule has 0 saturated heterocycles. The van der Waals surface area contributed by atoms with Gasteiger partial charge in [0.2, 0.25) is 0 Å². The zero-order valence-corrected chi connectivity index (χ0v) is 14.3. The first-order valence-electron chi connectivity index (χ1n) is 7.71. The maximum atomic E-state index is 12.5. The van der Waals surface area contributed by atoms with Crippen LogP contribution in [0.2, 0.25) is 0 Å². The van der Waals surface area contributed by atoms with Crippen LogP contribution < -0.4 is 4.72 Å². The van der Waals surface area contributed by atoms with Gasteiger partial charge in [-0.15, -0.1) is 0 Å². The van der Waals surface area contributed by atoms with Crippen molar-refractivity contribution in [3.63, 3.8) is 0 Å². The Kier molecular flexibility index (Phi) is 5.93. The van der Waals surface area contributed by atoms with Crippen molar-refractivity contribution in [2.45, 2.75) is 31.6 Å². The van der Waals surface area contributed by atoms with Crippen molar-refractivity contribution in [1.82, 2.24) is 0 Å². The molecule has 0 bridgehead atoms. The Labute approximate surface area is 138 Å². The minimum absolute atomic E-state index is 0.251. The van der Waals surface area contributed by atoms with Gasteiger partial charge < -0.3 is 0 Å². The number of aryl methyl sites for hydroxylation is 1. The van der Waals surface area contributed by atoms with Crippen molar-refractivity contribution >= 4 is 21.9 Å². The van der Waals surface area contributed by atoms with Crippen LogP contribution in [0.1, 0.15) is 30.9 Å². The van der Waals surface area contributed by atoms with Crippen LogP contribution in [0.4, 0.5) is 5.69 Å². The molecule has 0 aliphatic carbocycles. The predicted molar refractivity (Wildman–Crippen MR) is 95.8 cm³/mol. The Bertz CT molecular complexity index is 766. The van der Waals surface area contributed by atoms with Gasteiger partial charge in [-0.2, -0.15) is 0 Å². The fraction of sp³-hybridized carbons (Fsp3) is 0.278. The molecule has 4 nitrogen and oxygen atoms in total. The quantitative estimate of drug-likeness (QED) is 0.616. The van der Waals surface area contributed by atoms with Crippen LogP contribution in [0.25, 0.3) is 0 Å². The number of benzene rings is 2. The lowest BCUT2D eigenvalue weighted by Crippen LogP contribution is -2.14. The van der Waals surface area contributed by atoms with E-state index in [4.69, 9.17) is 0 Å². The molecule has 0 amide bonds. The number of unbranched alkanes of at least 4 members (excludes halogenated alkanes) is 1. The maximum absolute atomic E-state index is 12.5. The smallest absolute Gasteiger partial charge is 0.261 e. The van der Waals surface area contributed by atoms with E-state index >= 15 is 0 Å². The van der Waals surface area contributed by atoms with E-state index < -0.39 is 10.0 Å². The summed E-state index contributed by atoms with van der Waals surface area (Å²) in [6.45, 7) is 4.78. The van der Waals surface area contributed by atoms with Crippen molar-refractivity contribution in [2.24, 2.45) is 4.99 Å². The van der Waals surface area contributed by atoms with Crippen LogP contribution in [0.15, 0.2) is 58.4 Å². The molecule has 2 rings (SSSR count). The number of aliphatic imine (C=N–C) groups is 1. The summed E-state index contributed by atoms with van der Waals surface area (Å²) >= 11 is 0. The van der Waals surface area contributed by atoms with Crippen molar-refractivity contribution in [2.75, 3.05) is 11.3 Å². The summed E-state index contributed by atoms with van der Waals surface area (Å²) in [7, 11) is -3.60. The van der Waals surface area contributed by atoms with E-state index in [1.165, 1.54) is 0 Å². The summed E-state index contributed by atoms with van der Waals surface area (Å²) in [5.74, 6) is 0. The molecule has 2 aromatic carbocycles. The van der Waals surface area contributed by atoms with E-state index in [1.54, 1.807) is 42.6 Å². The molecule has 0 heterocycles.